The lowest BCUT2D eigenvalue weighted by Crippen LogP contribution is -2.47. The van der Waals surface area contributed by atoms with Crippen LogP contribution in [0.3, 0.4) is 0 Å². The molecule has 1 heterocycles. The Kier molecular flexibility index (Phi) is 5.26. The van der Waals surface area contributed by atoms with Gasteiger partial charge in [-0.15, -0.1) is 0 Å². The van der Waals surface area contributed by atoms with Crippen LogP contribution in [0.2, 0.25) is 0 Å². The molecule has 1 atom stereocenters. The number of hydrogen-bond acceptors (Lipinski definition) is 2. The van der Waals surface area contributed by atoms with E-state index in [1.165, 1.54) is 0 Å². The molecule has 0 saturated carbocycles. The second-order valence-corrected chi connectivity index (χ2v) is 4.68. The number of amides is 1. The van der Waals surface area contributed by atoms with Gasteiger partial charge in [-0.25, -0.2) is 0 Å². The Bertz CT molecular complexity index is 529. The summed E-state index contributed by atoms with van der Waals surface area (Å²) in [4.78, 5) is 11.9. The summed E-state index contributed by atoms with van der Waals surface area (Å²) in [7, 11) is 0. The first-order valence-corrected chi connectivity index (χ1v) is 6.66. The molecule has 104 valence electrons. The summed E-state index contributed by atoms with van der Waals surface area (Å²) in [6.07, 6.45) is 4.30. The van der Waals surface area contributed by atoms with E-state index in [0.29, 0.717) is 6.42 Å². The number of carbonyl (C=O) groups excluding carboxylic acids is 1. The van der Waals surface area contributed by atoms with Gasteiger partial charge in [0, 0.05) is 12.1 Å². The van der Waals surface area contributed by atoms with E-state index in [2.05, 4.69) is 5.32 Å². The smallest absolute Gasteiger partial charge is 0.286 e. The number of aliphatic hydroxyl groups excluding tert-OH is 1. The lowest BCUT2D eigenvalue weighted by Gasteiger charge is -2.15. The number of aliphatic hydroxyl groups is 1. The van der Waals surface area contributed by atoms with Gasteiger partial charge in [-0.1, -0.05) is 36.4 Å². The molecule has 1 aromatic carbocycles. The van der Waals surface area contributed by atoms with Crippen molar-refractivity contribution in [1.82, 2.24) is 5.32 Å². The average Bonchev–Trinajstić information content (AvgIpc) is 2.48. The number of rotatable bonds is 6. The van der Waals surface area contributed by atoms with Crippen LogP contribution in [-0.2, 0) is 17.8 Å². The van der Waals surface area contributed by atoms with Crippen molar-refractivity contribution in [3.05, 3.63) is 66.5 Å². The molecule has 0 spiro atoms. The van der Waals surface area contributed by atoms with Crippen molar-refractivity contribution in [1.29, 1.82) is 0 Å². The summed E-state index contributed by atoms with van der Waals surface area (Å²) in [6.45, 7) is 0.187. The van der Waals surface area contributed by atoms with Crippen molar-refractivity contribution in [3.63, 3.8) is 0 Å². The van der Waals surface area contributed by atoms with Gasteiger partial charge in [0.1, 0.15) is 0 Å². The summed E-state index contributed by atoms with van der Waals surface area (Å²) in [5.74, 6) is -0.101. The van der Waals surface area contributed by atoms with Gasteiger partial charge in [0.25, 0.3) is 5.91 Å². The Balaban J connectivity index is 1.88. The molecule has 1 amide bonds. The van der Waals surface area contributed by atoms with E-state index < -0.39 is 0 Å². The Morgan fingerprint density at radius 2 is 1.75 bits per heavy atom. The fourth-order valence-electron chi connectivity index (χ4n) is 2.04. The van der Waals surface area contributed by atoms with Crippen LogP contribution in [0.1, 0.15) is 5.56 Å². The fourth-order valence-corrected chi connectivity index (χ4v) is 2.04. The number of carbonyl (C=O) groups is 1. The average molecular weight is 271 g/mol. The van der Waals surface area contributed by atoms with Crippen molar-refractivity contribution in [2.75, 3.05) is 6.61 Å². The van der Waals surface area contributed by atoms with E-state index in [9.17, 15) is 9.90 Å². The Labute approximate surface area is 118 Å². The molecule has 2 aromatic rings. The first-order chi connectivity index (χ1) is 9.78. The largest absolute Gasteiger partial charge is 0.394 e. The highest BCUT2D eigenvalue weighted by Crippen LogP contribution is 2.02. The van der Waals surface area contributed by atoms with Crippen LogP contribution in [0.5, 0.6) is 0 Å². The van der Waals surface area contributed by atoms with Crippen LogP contribution in [0.25, 0.3) is 0 Å². The molecule has 0 unspecified atom stereocenters. The van der Waals surface area contributed by atoms with Crippen LogP contribution < -0.4 is 9.88 Å². The summed E-state index contributed by atoms with van der Waals surface area (Å²) in [6, 6.07) is 15.2. The van der Waals surface area contributed by atoms with E-state index in [0.717, 1.165) is 5.56 Å². The maximum Gasteiger partial charge on any atom is 0.286 e. The lowest BCUT2D eigenvalue weighted by molar-refractivity contribution is -0.684. The van der Waals surface area contributed by atoms with Crippen LogP contribution in [0.4, 0.5) is 0 Å². The number of pyridine rings is 1. The molecule has 2 rings (SSSR count). The third-order valence-electron chi connectivity index (χ3n) is 3.01. The van der Waals surface area contributed by atoms with Gasteiger partial charge in [0.05, 0.1) is 12.6 Å². The van der Waals surface area contributed by atoms with E-state index in [4.69, 9.17) is 0 Å². The van der Waals surface area contributed by atoms with Crippen LogP contribution in [-0.4, -0.2) is 23.7 Å². The molecule has 0 saturated heterocycles. The molecular formula is C16H19N2O2+. The third kappa shape index (κ3) is 4.48. The maximum absolute atomic E-state index is 11.9. The van der Waals surface area contributed by atoms with Gasteiger partial charge >= 0.3 is 0 Å². The van der Waals surface area contributed by atoms with Crippen LogP contribution in [0.15, 0.2) is 60.9 Å². The standard InChI is InChI=1S/C16H18N2O2/c19-13-15(11-14-7-3-1-4-8-14)17-16(20)12-18-9-5-2-6-10-18/h1-10,15,19H,11-13H2/p+1/t15-/m0/s1. The summed E-state index contributed by atoms with van der Waals surface area (Å²) in [5, 5.41) is 12.2. The number of nitrogens with one attached hydrogen (secondary N) is 1. The molecule has 20 heavy (non-hydrogen) atoms. The van der Waals surface area contributed by atoms with Gasteiger partial charge < -0.3 is 10.4 Å². The maximum atomic E-state index is 11.9. The molecule has 0 aliphatic heterocycles. The first kappa shape index (κ1) is 14.2. The highest BCUT2D eigenvalue weighted by molar-refractivity contribution is 5.74. The van der Waals surface area contributed by atoms with E-state index in [1.54, 1.807) is 4.57 Å². The molecule has 4 heteroatoms. The molecular weight excluding hydrogens is 252 g/mol. The molecule has 2 N–H and O–H groups in total. The van der Waals surface area contributed by atoms with Crippen LogP contribution >= 0.6 is 0 Å². The normalized spacial score (nSPS) is 11.8. The second-order valence-electron chi connectivity index (χ2n) is 4.68. The molecule has 0 aliphatic rings. The summed E-state index contributed by atoms with van der Waals surface area (Å²) >= 11 is 0. The summed E-state index contributed by atoms with van der Waals surface area (Å²) < 4.78 is 1.80. The SMILES string of the molecule is O=C(C[n+]1ccccc1)N[C@H](CO)Cc1ccccc1. The molecule has 0 aliphatic carbocycles. The predicted molar refractivity (Wildman–Crippen MR) is 75.8 cm³/mol. The lowest BCUT2D eigenvalue weighted by atomic mass is 10.1. The molecule has 0 radical (unpaired) electrons. The van der Waals surface area contributed by atoms with Gasteiger partial charge in [-0.05, 0) is 12.0 Å². The molecule has 0 fully saturated rings. The van der Waals surface area contributed by atoms with Crippen molar-refractivity contribution in [2.24, 2.45) is 0 Å². The number of nitrogens with zero attached hydrogens (tertiary/aromatic N) is 1. The molecule has 4 nitrogen and oxygen atoms in total. The van der Waals surface area contributed by atoms with Crippen molar-refractivity contribution >= 4 is 5.91 Å². The Morgan fingerprint density at radius 1 is 1.10 bits per heavy atom. The summed E-state index contributed by atoms with van der Waals surface area (Å²) in [5.41, 5.74) is 1.10. The quantitative estimate of drug-likeness (QED) is 0.760. The van der Waals surface area contributed by atoms with Gasteiger partial charge in [-0.3, -0.25) is 4.79 Å². The first-order valence-electron chi connectivity index (χ1n) is 6.66. The predicted octanol–water partition coefficient (Wildman–Crippen LogP) is 0.694. The minimum absolute atomic E-state index is 0.0694. The van der Waals surface area contributed by atoms with Crippen molar-refractivity contribution in [3.8, 4) is 0 Å². The zero-order valence-corrected chi connectivity index (χ0v) is 11.3. The molecule has 1 aromatic heterocycles. The van der Waals surface area contributed by atoms with Crippen molar-refractivity contribution in [2.45, 2.75) is 19.0 Å². The van der Waals surface area contributed by atoms with Gasteiger partial charge in [-0.2, -0.15) is 4.57 Å². The van der Waals surface area contributed by atoms with Crippen LogP contribution in [0, 0.1) is 0 Å². The minimum Gasteiger partial charge on any atom is -0.394 e. The topological polar surface area (TPSA) is 53.2 Å². The molecule has 0 bridgehead atoms. The highest BCUT2D eigenvalue weighted by Gasteiger charge is 2.15. The number of aromatic nitrogens is 1. The monoisotopic (exact) mass is 271 g/mol. The minimum atomic E-state index is -0.255. The highest BCUT2D eigenvalue weighted by atomic mass is 16.3. The third-order valence-corrected chi connectivity index (χ3v) is 3.01. The Hall–Kier alpha value is -2.20. The second kappa shape index (κ2) is 7.40. The zero-order valence-electron chi connectivity index (χ0n) is 11.3. The van der Waals surface area contributed by atoms with E-state index in [1.807, 2.05) is 60.9 Å². The van der Waals surface area contributed by atoms with Gasteiger partial charge in [0.2, 0.25) is 6.54 Å². The Morgan fingerprint density at radius 3 is 2.40 bits per heavy atom. The van der Waals surface area contributed by atoms with Gasteiger partial charge in [0.15, 0.2) is 12.4 Å². The number of hydrogen-bond donors (Lipinski definition) is 2. The zero-order chi connectivity index (χ0) is 14.2. The van der Waals surface area contributed by atoms with Crippen molar-refractivity contribution < 1.29 is 14.5 Å². The van der Waals surface area contributed by atoms with E-state index >= 15 is 0 Å². The number of benzene rings is 1. The van der Waals surface area contributed by atoms with E-state index in [-0.39, 0.29) is 25.1 Å². The fraction of sp³-hybridized carbons (Fsp3) is 0.250.